The molecule has 0 radical (unpaired) electrons. The Balaban J connectivity index is 1.73. The maximum atomic E-state index is 13.2. The molecule has 0 unspecified atom stereocenters. The molecular formula is C25H25N3O3S. The Morgan fingerprint density at radius 2 is 1.88 bits per heavy atom. The smallest absolute Gasteiger partial charge is 0.341 e. The van der Waals surface area contributed by atoms with Gasteiger partial charge in [0.15, 0.2) is 0 Å². The van der Waals surface area contributed by atoms with Crippen molar-refractivity contribution in [1.29, 1.82) is 0 Å². The number of nitrogens with zero attached hydrogens (tertiary/aromatic N) is 2. The summed E-state index contributed by atoms with van der Waals surface area (Å²) in [6.45, 7) is 7.90. The highest BCUT2D eigenvalue weighted by atomic mass is 32.1. The van der Waals surface area contributed by atoms with E-state index in [1.54, 1.807) is 18.2 Å². The summed E-state index contributed by atoms with van der Waals surface area (Å²) in [4.78, 5) is 30.6. The van der Waals surface area contributed by atoms with Gasteiger partial charge >= 0.3 is 5.97 Å². The number of nitrogens with one attached hydrogen (secondary N) is 1. The summed E-state index contributed by atoms with van der Waals surface area (Å²) in [7, 11) is 0. The first-order chi connectivity index (χ1) is 15.4. The zero-order chi connectivity index (χ0) is 22.8. The SMILES string of the molecule is CCOC(=O)c1c(-c2ccc(CC)cc2)csc1NC(=O)c1c(C)nc2cc(C)ccn12. The largest absolute Gasteiger partial charge is 0.462 e. The lowest BCUT2D eigenvalue weighted by molar-refractivity contribution is 0.0529. The van der Waals surface area contributed by atoms with Crippen LogP contribution in [-0.2, 0) is 11.2 Å². The van der Waals surface area contributed by atoms with E-state index in [2.05, 4.69) is 17.2 Å². The van der Waals surface area contributed by atoms with Crippen LogP contribution in [0.4, 0.5) is 5.00 Å². The number of anilines is 1. The fraction of sp³-hybridized carbons (Fsp3) is 0.240. The molecule has 4 rings (SSSR count). The van der Waals surface area contributed by atoms with Gasteiger partial charge in [-0.25, -0.2) is 9.78 Å². The summed E-state index contributed by atoms with van der Waals surface area (Å²) >= 11 is 1.31. The molecule has 7 heteroatoms. The highest BCUT2D eigenvalue weighted by molar-refractivity contribution is 7.15. The lowest BCUT2D eigenvalue weighted by Gasteiger charge is -2.10. The van der Waals surface area contributed by atoms with E-state index >= 15 is 0 Å². The molecule has 1 aromatic carbocycles. The monoisotopic (exact) mass is 447 g/mol. The molecule has 0 aliphatic carbocycles. The Hall–Kier alpha value is -3.45. The third-order valence-electron chi connectivity index (χ3n) is 5.34. The normalized spacial score (nSPS) is 11.0. The van der Waals surface area contributed by atoms with Gasteiger partial charge in [0, 0.05) is 17.1 Å². The first-order valence-corrected chi connectivity index (χ1v) is 11.5. The van der Waals surface area contributed by atoms with Crippen LogP contribution in [0.1, 0.15) is 51.5 Å². The number of carbonyl (C=O) groups is 2. The first kappa shape index (κ1) is 21.8. The summed E-state index contributed by atoms with van der Waals surface area (Å²) in [5, 5.41) is 5.28. The fourth-order valence-electron chi connectivity index (χ4n) is 3.69. The number of ether oxygens (including phenoxy) is 1. The number of carbonyl (C=O) groups excluding carboxylic acids is 2. The van der Waals surface area contributed by atoms with Crippen LogP contribution in [-0.4, -0.2) is 27.9 Å². The number of benzene rings is 1. The maximum absolute atomic E-state index is 13.2. The first-order valence-electron chi connectivity index (χ1n) is 10.6. The van der Waals surface area contributed by atoms with Crippen molar-refractivity contribution in [2.24, 2.45) is 0 Å². The molecule has 3 heterocycles. The van der Waals surface area contributed by atoms with Crippen molar-refractivity contribution in [2.75, 3.05) is 11.9 Å². The van der Waals surface area contributed by atoms with E-state index in [1.807, 2.05) is 54.9 Å². The lowest BCUT2D eigenvalue weighted by atomic mass is 10.0. The third kappa shape index (κ3) is 4.03. The van der Waals surface area contributed by atoms with Gasteiger partial charge in [-0.05, 0) is 56.0 Å². The molecular weight excluding hydrogens is 422 g/mol. The summed E-state index contributed by atoms with van der Waals surface area (Å²) in [6, 6.07) is 11.9. The topological polar surface area (TPSA) is 72.7 Å². The molecule has 164 valence electrons. The number of hydrogen-bond donors (Lipinski definition) is 1. The molecule has 0 spiro atoms. The van der Waals surface area contributed by atoms with Gasteiger partial charge in [-0.3, -0.25) is 9.20 Å². The number of amides is 1. The van der Waals surface area contributed by atoms with Crippen LogP contribution in [0.2, 0.25) is 0 Å². The zero-order valence-corrected chi connectivity index (χ0v) is 19.4. The van der Waals surface area contributed by atoms with E-state index in [9.17, 15) is 9.59 Å². The van der Waals surface area contributed by atoms with E-state index in [-0.39, 0.29) is 12.5 Å². The molecule has 1 amide bonds. The van der Waals surface area contributed by atoms with Gasteiger partial charge in [-0.1, -0.05) is 31.2 Å². The predicted octanol–water partition coefficient (Wildman–Crippen LogP) is 5.67. The molecule has 3 aromatic heterocycles. The Morgan fingerprint density at radius 1 is 1.12 bits per heavy atom. The molecule has 0 fully saturated rings. The van der Waals surface area contributed by atoms with Crippen molar-refractivity contribution in [2.45, 2.75) is 34.1 Å². The van der Waals surface area contributed by atoms with Gasteiger partial charge in [0.1, 0.15) is 21.9 Å². The Labute approximate surface area is 190 Å². The lowest BCUT2D eigenvalue weighted by Crippen LogP contribution is -2.17. The van der Waals surface area contributed by atoms with Gasteiger partial charge in [0.25, 0.3) is 5.91 Å². The number of fused-ring (bicyclic) bond motifs is 1. The highest BCUT2D eigenvalue weighted by Gasteiger charge is 2.25. The van der Waals surface area contributed by atoms with Crippen LogP contribution in [0.15, 0.2) is 48.0 Å². The minimum absolute atomic E-state index is 0.252. The highest BCUT2D eigenvalue weighted by Crippen LogP contribution is 2.37. The zero-order valence-electron chi connectivity index (χ0n) is 18.6. The minimum Gasteiger partial charge on any atom is -0.462 e. The molecule has 0 saturated heterocycles. The molecule has 32 heavy (non-hydrogen) atoms. The number of aromatic nitrogens is 2. The second-order valence-electron chi connectivity index (χ2n) is 7.56. The van der Waals surface area contributed by atoms with Crippen LogP contribution >= 0.6 is 11.3 Å². The van der Waals surface area contributed by atoms with Crippen LogP contribution < -0.4 is 5.32 Å². The Kier molecular flexibility index (Phi) is 6.10. The van der Waals surface area contributed by atoms with Gasteiger partial charge in [-0.2, -0.15) is 0 Å². The molecule has 0 saturated carbocycles. The molecule has 0 aliphatic heterocycles. The predicted molar refractivity (Wildman–Crippen MR) is 128 cm³/mol. The quantitative estimate of drug-likeness (QED) is 0.387. The summed E-state index contributed by atoms with van der Waals surface area (Å²) < 4.78 is 7.08. The second kappa shape index (κ2) is 8.96. The average molecular weight is 448 g/mol. The van der Waals surface area contributed by atoms with Crippen LogP contribution in [0.25, 0.3) is 16.8 Å². The van der Waals surface area contributed by atoms with Crippen molar-refractivity contribution in [3.05, 3.63) is 76.1 Å². The molecule has 0 atom stereocenters. The van der Waals surface area contributed by atoms with Crippen molar-refractivity contribution in [3.63, 3.8) is 0 Å². The molecule has 4 aromatic rings. The van der Waals surface area contributed by atoms with E-state index < -0.39 is 5.97 Å². The van der Waals surface area contributed by atoms with E-state index in [0.29, 0.717) is 27.6 Å². The van der Waals surface area contributed by atoms with Gasteiger partial charge < -0.3 is 10.1 Å². The Morgan fingerprint density at radius 3 is 2.56 bits per heavy atom. The Bertz CT molecular complexity index is 1300. The van der Waals surface area contributed by atoms with Gasteiger partial charge in [0.2, 0.25) is 0 Å². The fourth-order valence-corrected chi connectivity index (χ4v) is 4.64. The maximum Gasteiger partial charge on any atom is 0.341 e. The molecule has 6 nitrogen and oxygen atoms in total. The van der Waals surface area contributed by atoms with E-state index in [1.165, 1.54) is 16.9 Å². The van der Waals surface area contributed by atoms with E-state index in [0.717, 1.165) is 23.1 Å². The summed E-state index contributed by atoms with van der Waals surface area (Å²) in [5.74, 6) is -0.775. The molecule has 0 bridgehead atoms. The summed E-state index contributed by atoms with van der Waals surface area (Å²) in [6.07, 6.45) is 2.77. The number of thiophene rings is 1. The van der Waals surface area contributed by atoms with Crippen molar-refractivity contribution >= 4 is 33.9 Å². The summed E-state index contributed by atoms with van der Waals surface area (Å²) in [5.41, 5.74) is 6.08. The number of rotatable bonds is 6. The molecule has 1 N–H and O–H groups in total. The number of pyridine rings is 1. The van der Waals surface area contributed by atoms with Crippen LogP contribution in [0.3, 0.4) is 0 Å². The van der Waals surface area contributed by atoms with E-state index in [4.69, 9.17) is 4.74 Å². The number of imidazole rings is 1. The number of hydrogen-bond acceptors (Lipinski definition) is 5. The second-order valence-corrected chi connectivity index (χ2v) is 8.44. The van der Waals surface area contributed by atoms with Crippen molar-refractivity contribution < 1.29 is 14.3 Å². The number of aryl methyl sites for hydroxylation is 3. The third-order valence-corrected chi connectivity index (χ3v) is 6.24. The van der Waals surface area contributed by atoms with Crippen LogP contribution in [0, 0.1) is 13.8 Å². The van der Waals surface area contributed by atoms with Crippen LogP contribution in [0.5, 0.6) is 0 Å². The van der Waals surface area contributed by atoms with Gasteiger partial charge in [0.05, 0.1) is 12.3 Å². The van der Waals surface area contributed by atoms with Gasteiger partial charge in [-0.15, -0.1) is 11.3 Å². The van der Waals surface area contributed by atoms with Crippen molar-refractivity contribution in [3.8, 4) is 11.1 Å². The standard InChI is InChI=1S/C25H25N3O3S/c1-5-17-7-9-18(10-8-17)19-14-32-24(21(19)25(30)31-6-2)27-23(29)22-16(4)26-20-13-15(3)11-12-28(20)22/h7-14H,5-6H2,1-4H3,(H,27,29). The minimum atomic E-state index is -0.455. The number of esters is 1. The van der Waals surface area contributed by atoms with Crippen molar-refractivity contribution in [1.82, 2.24) is 9.38 Å². The average Bonchev–Trinajstić information content (AvgIpc) is 3.33. The molecule has 0 aliphatic rings.